The van der Waals surface area contributed by atoms with Gasteiger partial charge in [-0.05, 0) is 54.7 Å². The predicted molar refractivity (Wildman–Crippen MR) is 121 cm³/mol. The van der Waals surface area contributed by atoms with Gasteiger partial charge in [0, 0.05) is 25.4 Å². The highest BCUT2D eigenvalue weighted by molar-refractivity contribution is 5.87. The molecule has 0 bridgehead atoms. The number of piperidine rings is 1. The number of hydrogen-bond acceptors (Lipinski definition) is 3. The molecule has 1 aromatic rings. The van der Waals surface area contributed by atoms with Crippen LogP contribution in [0.4, 0.5) is 0 Å². The van der Waals surface area contributed by atoms with Crippen molar-refractivity contribution in [2.45, 2.75) is 74.1 Å². The minimum absolute atomic E-state index is 0.0501. The van der Waals surface area contributed by atoms with Gasteiger partial charge in [0.1, 0.15) is 5.78 Å². The van der Waals surface area contributed by atoms with Crippen LogP contribution < -0.4 is 0 Å². The summed E-state index contributed by atoms with van der Waals surface area (Å²) in [5.74, 6) is -0.191. The summed E-state index contributed by atoms with van der Waals surface area (Å²) in [4.78, 5) is 35.6. The van der Waals surface area contributed by atoms with E-state index in [1.807, 2.05) is 17.0 Å². The van der Waals surface area contributed by atoms with Gasteiger partial charge in [0.15, 0.2) is 0 Å². The van der Waals surface area contributed by atoms with Crippen molar-refractivity contribution < 1.29 is 19.5 Å². The summed E-state index contributed by atoms with van der Waals surface area (Å²) in [5.41, 5.74) is 1.82. The maximum absolute atomic E-state index is 11.9. The number of benzene rings is 1. The van der Waals surface area contributed by atoms with Crippen LogP contribution in [0.5, 0.6) is 0 Å². The summed E-state index contributed by atoms with van der Waals surface area (Å²) in [6.07, 6.45) is 3.24. The molecule has 1 N–H and O–H groups in total. The molecule has 0 radical (unpaired) electrons. The molecule has 1 saturated heterocycles. The van der Waals surface area contributed by atoms with Crippen LogP contribution in [0, 0.1) is 16.7 Å². The monoisotopic (exact) mass is 417 g/mol. The second-order valence-electron chi connectivity index (χ2n) is 10.7. The van der Waals surface area contributed by atoms with Crippen LogP contribution in [0.25, 0.3) is 0 Å². The number of carbonyl (C=O) groups excluding carboxylic acids is 2. The van der Waals surface area contributed by atoms with Crippen LogP contribution in [-0.4, -0.2) is 40.8 Å². The Bertz CT molecular complexity index is 715. The van der Waals surface area contributed by atoms with Crippen molar-refractivity contribution in [2.75, 3.05) is 13.1 Å². The molecule has 0 atom stereocenters. The molecule has 0 unspecified atom stereocenters. The van der Waals surface area contributed by atoms with Gasteiger partial charge in [-0.25, -0.2) is 4.79 Å². The zero-order chi connectivity index (χ0) is 23.1. The zero-order valence-corrected chi connectivity index (χ0v) is 19.7. The van der Waals surface area contributed by atoms with E-state index in [-0.39, 0.29) is 28.4 Å². The van der Waals surface area contributed by atoms with Gasteiger partial charge in [-0.15, -0.1) is 0 Å². The fourth-order valence-electron chi connectivity index (χ4n) is 3.48. The van der Waals surface area contributed by atoms with Gasteiger partial charge < -0.3 is 10.0 Å². The molecular weight excluding hydrogens is 378 g/mol. The predicted octanol–water partition coefficient (Wildman–Crippen LogP) is 5.22. The lowest BCUT2D eigenvalue weighted by Crippen LogP contribution is -2.41. The molecule has 1 aliphatic rings. The summed E-state index contributed by atoms with van der Waals surface area (Å²) in [7, 11) is 0. The van der Waals surface area contributed by atoms with Crippen molar-refractivity contribution in [3.05, 3.63) is 35.4 Å². The number of carboxylic acid groups (broad SMARTS) is 1. The summed E-state index contributed by atoms with van der Waals surface area (Å²) >= 11 is 0. The van der Waals surface area contributed by atoms with E-state index in [0.717, 1.165) is 32.4 Å². The number of Topliss-reactive ketones (excluding diaryl/α,β-unsaturated/α-hetero) is 1. The average Bonchev–Trinajstić information content (AvgIpc) is 2.60. The summed E-state index contributed by atoms with van der Waals surface area (Å²) < 4.78 is 0. The Morgan fingerprint density at radius 1 is 0.933 bits per heavy atom. The van der Waals surface area contributed by atoms with E-state index in [0.29, 0.717) is 12.0 Å². The highest BCUT2D eigenvalue weighted by atomic mass is 16.4. The van der Waals surface area contributed by atoms with Gasteiger partial charge >= 0.3 is 5.97 Å². The van der Waals surface area contributed by atoms with E-state index in [9.17, 15) is 14.4 Å². The number of rotatable bonds is 4. The van der Waals surface area contributed by atoms with Gasteiger partial charge in [-0.3, -0.25) is 9.59 Å². The summed E-state index contributed by atoms with van der Waals surface area (Å²) in [6, 6.07) is 7.08. The van der Waals surface area contributed by atoms with Crippen LogP contribution in [0.1, 0.15) is 83.7 Å². The topological polar surface area (TPSA) is 74.7 Å². The average molecular weight is 418 g/mol. The molecule has 1 heterocycles. The Labute approximate surface area is 181 Å². The van der Waals surface area contributed by atoms with Crippen LogP contribution in [0.2, 0.25) is 0 Å². The smallest absolute Gasteiger partial charge is 0.335 e. The van der Waals surface area contributed by atoms with Crippen molar-refractivity contribution in [2.24, 2.45) is 16.7 Å². The third-order valence-electron chi connectivity index (χ3n) is 5.04. The van der Waals surface area contributed by atoms with E-state index < -0.39 is 5.97 Å². The second kappa shape index (κ2) is 10.7. The van der Waals surface area contributed by atoms with Crippen LogP contribution in [0.3, 0.4) is 0 Å². The number of nitrogens with zero attached hydrogens (tertiary/aromatic N) is 1. The molecule has 1 aromatic carbocycles. The molecule has 168 valence electrons. The molecule has 0 aliphatic carbocycles. The van der Waals surface area contributed by atoms with E-state index in [4.69, 9.17) is 5.11 Å². The number of ketones is 1. The fourth-order valence-corrected chi connectivity index (χ4v) is 3.48. The standard InChI is InChI=1S/C13H23NO2.C12H16O2/c1-10(15)11-5-7-14(8-6-11)12(16)9-13(2,3)4;1-12(2,3)8-9-4-6-10(7-5-9)11(13)14/h11H,5-9H2,1-4H3;4-7H,8H2,1-3H3,(H,13,14). The second-order valence-corrected chi connectivity index (χ2v) is 10.7. The maximum Gasteiger partial charge on any atom is 0.335 e. The van der Waals surface area contributed by atoms with E-state index in [1.165, 1.54) is 5.56 Å². The Hall–Kier alpha value is -2.17. The van der Waals surface area contributed by atoms with Crippen molar-refractivity contribution in [1.82, 2.24) is 4.90 Å². The third kappa shape index (κ3) is 10.0. The number of carboxylic acids is 1. The Balaban J connectivity index is 0.000000303. The molecule has 5 nitrogen and oxygen atoms in total. The first-order valence-electron chi connectivity index (χ1n) is 10.8. The molecule has 1 fully saturated rings. The van der Waals surface area contributed by atoms with E-state index in [1.54, 1.807) is 19.1 Å². The minimum atomic E-state index is -0.868. The van der Waals surface area contributed by atoms with Crippen LogP contribution in [-0.2, 0) is 16.0 Å². The Morgan fingerprint density at radius 2 is 1.43 bits per heavy atom. The normalized spacial score (nSPS) is 15.2. The van der Waals surface area contributed by atoms with E-state index >= 15 is 0 Å². The maximum atomic E-state index is 11.9. The van der Waals surface area contributed by atoms with Crippen LogP contribution in [0.15, 0.2) is 24.3 Å². The van der Waals surface area contributed by atoms with Crippen molar-refractivity contribution in [3.8, 4) is 0 Å². The van der Waals surface area contributed by atoms with Gasteiger partial charge in [0.2, 0.25) is 5.91 Å². The van der Waals surface area contributed by atoms with Crippen molar-refractivity contribution in [1.29, 1.82) is 0 Å². The molecular formula is C25H39NO4. The number of hydrogen-bond donors (Lipinski definition) is 1. The molecule has 1 aliphatic heterocycles. The number of aromatic carboxylic acids is 1. The molecule has 0 spiro atoms. The SMILES string of the molecule is CC(=O)C1CCN(C(=O)CC(C)(C)C)CC1.CC(C)(C)Cc1ccc(C(=O)O)cc1. The van der Waals surface area contributed by atoms with E-state index in [2.05, 4.69) is 41.5 Å². The van der Waals surface area contributed by atoms with Crippen LogP contribution >= 0.6 is 0 Å². The van der Waals surface area contributed by atoms with Gasteiger partial charge in [0.25, 0.3) is 0 Å². The molecule has 0 saturated carbocycles. The lowest BCUT2D eigenvalue weighted by Gasteiger charge is -2.32. The summed E-state index contributed by atoms with van der Waals surface area (Å²) in [5, 5.41) is 8.71. The van der Waals surface area contributed by atoms with Gasteiger partial charge in [0.05, 0.1) is 5.56 Å². The summed E-state index contributed by atoms with van der Waals surface area (Å²) in [6.45, 7) is 15.9. The molecule has 30 heavy (non-hydrogen) atoms. The lowest BCUT2D eigenvalue weighted by molar-refractivity contribution is -0.136. The molecule has 1 amide bonds. The molecule has 5 heteroatoms. The fraction of sp³-hybridized carbons (Fsp3) is 0.640. The quantitative estimate of drug-likeness (QED) is 0.728. The minimum Gasteiger partial charge on any atom is -0.478 e. The molecule has 2 rings (SSSR count). The van der Waals surface area contributed by atoms with Crippen molar-refractivity contribution >= 4 is 17.7 Å². The number of amides is 1. The van der Waals surface area contributed by atoms with Crippen molar-refractivity contribution in [3.63, 3.8) is 0 Å². The highest BCUT2D eigenvalue weighted by Crippen LogP contribution is 2.23. The third-order valence-corrected chi connectivity index (χ3v) is 5.04. The number of likely N-dealkylation sites (tertiary alicyclic amines) is 1. The van der Waals surface area contributed by atoms with Gasteiger partial charge in [-0.2, -0.15) is 0 Å². The van der Waals surface area contributed by atoms with Gasteiger partial charge in [-0.1, -0.05) is 53.7 Å². The number of carbonyl (C=O) groups is 3. The Kier molecular flexibility index (Phi) is 9.26. The first-order valence-corrected chi connectivity index (χ1v) is 10.8. The molecule has 0 aromatic heterocycles. The zero-order valence-electron chi connectivity index (χ0n) is 19.7. The first-order chi connectivity index (χ1) is 13.7. The highest BCUT2D eigenvalue weighted by Gasteiger charge is 2.27. The largest absolute Gasteiger partial charge is 0.478 e. The lowest BCUT2D eigenvalue weighted by atomic mass is 9.88. The first kappa shape index (κ1) is 25.9. The Morgan fingerprint density at radius 3 is 1.80 bits per heavy atom.